The third kappa shape index (κ3) is 2.44. The second-order valence-corrected chi connectivity index (χ2v) is 5.78. The minimum absolute atomic E-state index is 0.694. The molecule has 0 atom stereocenters. The lowest BCUT2D eigenvalue weighted by Gasteiger charge is -2.13. The maximum Gasteiger partial charge on any atom is 0.161 e. The number of aryl methyl sites for hydroxylation is 1. The van der Waals surface area contributed by atoms with E-state index in [1.807, 2.05) is 36.4 Å². The van der Waals surface area contributed by atoms with E-state index < -0.39 is 0 Å². The molecule has 1 aromatic heterocycles. The van der Waals surface area contributed by atoms with Crippen molar-refractivity contribution in [3.63, 3.8) is 0 Å². The number of benzene rings is 2. The van der Waals surface area contributed by atoms with Gasteiger partial charge < -0.3 is 9.47 Å². The van der Waals surface area contributed by atoms with Crippen molar-refractivity contribution in [3.05, 3.63) is 52.5 Å². The van der Waals surface area contributed by atoms with Crippen molar-refractivity contribution in [3.8, 4) is 22.8 Å². The van der Waals surface area contributed by atoms with Crippen molar-refractivity contribution in [2.45, 2.75) is 6.92 Å². The standard InChI is InChI=1S/C18H16BrNO2/c1-11-13-6-4-5-7-14(13)20-18(17(11)19)12-8-9-15(21-2)16(10-12)22-3/h4-10H,1-3H3. The predicted molar refractivity (Wildman–Crippen MR) is 92.7 cm³/mol. The third-order valence-electron chi connectivity index (χ3n) is 3.73. The zero-order valence-electron chi connectivity index (χ0n) is 12.7. The molecule has 3 rings (SSSR count). The van der Waals surface area contributed by atoms with Gasteiger partial charge in [0.25, 0.3) is 0 Å². The van der Waals surface area contributed by atoms with Crippen molar-refractivity contribution in [2.75, 3.05) is 14.2 Å². The Morgan fingerprint density at radius 3 is 2.41 bits per heavy atom. The second kappa shape index (κ2) is 5.97. The SMILES string of the molecule is COc1ccc(-c2nc3ccccc3c(C)c2Br)cc1OC. The number of ether oxygens (including phenoxy) is 2. The molecule has 22 heavy (non-hydrogen) atoms. The Hall–Kier alpha value is -2.07. The van der Waals surface area contributed by atoms with E-state index in [1.54, 1.807) is 14.2 Å². The van der Waals surface area contributed by atoms with Crippen LogP contribution in [0.4, 0.5) is 0 Å². The van der Waals surface area contributed by atoms with Crippen molar-refractivity contribution in [2.24, 2.45) is 0 Å². The molecule has 112 valence electrons. The van der Waals surface area contributed by atoms with Crippen LogP contribution in [0.5, 0.6) is 11.5 Å². The number of para-hydroxylation sites is 1. The van der Waals surface area contributed by atoms with Crippen LogP contribution in [0.25, 0.3) is 22.2 Å². The Balaban J connectivity index is 2.24. The zero-order valence-corrected chi connectivity index (χ0v) is 14.3. The summed E-state index contributed by atoms with van der Waals surface area (Å²) in [5.41, 5.74) is 4.04. The molecule has 0 aliphatic rings. The first-order valence-electron chi connectivity index (χ1n) is 6.93. The van der Waals surface area contributed by atoms with Crippen LogP contribution in [0.3, 0.4) is 0 Å². The summed E-state index contributed by atoms with van der Waals surface area (Å²) in [5, 5.41) is 1.15. The Morgan fingerprint density at radius 1 is 0.955 bits per heavy atom. The normalized spacial score (nSPS) is 10.7. The summed E-state index contributed by atoms with van der Waals surface area (Å²) >= 11 is 3.69. The van der Waals surface area contributed by atoms with E-state index in [0.717, 1.165) is 26.6 Å². The number of fused-ring (bicyclic) bond motifs is 1. The first kappa shape index (κ1) is 14.9. The smallest absolute Gasteiger partial charge is 0.161 e. The first-order chi connectivity index (χ1) is 10.7. The van der Waals surface area contributed by atoms with Crippen LogP contribution in [0, 0.1) is 6.92 Å². The van der Waals surface area contributed by atoms with E-state index in [0.29, 0.717) is 11.5 Å². The molecular weight excluding hydrogens is 342 g/mol. The molecule has 2 aromatic carbocycles. The Kier molecular flexibility index (Phi) is 4.03. The highest BCUT2D eigenvalue weighted by molar-refractivity contribution is 9.10. The second-order valence-electron chi connectivity index (χ2n) is 4.99. The number of aromatic nitrogens is 1. The Morgan fingerprint density at radius 2 is 1.68 bits per heavy atom. The lowest BCUT2D eigenvalue weighted by Crippen LogP contribution is -1.94. The lowest BCUT2D eigenvalue weighted by molar-refractivity contribution is 0.355. The summed E-state index contributed by atoms with van der Waals surface area (Å²) in [6, 6.07) is 14.0. The monoisotopic (exact) mass is 357 g/mol. The van der Waals surface area contributed by atoms with Gasteiger partial charge in [-0.1, -0.05) is 18.2 Å². The molecule has 0 aliphatic carbocycles. The van der Waals surface area contributed by atoms with Crippen molar-refractivity contribution < 1.29 is 9.47 Å². The van der Waals surface area contributed by atoms with Crippen molar-refractivity contribution in [1.29, 1.82) is 0 Å². The van der Waals surface area contributed by atoms with Crippen LogP contribution in [-0.4, -0.2) is 19.2 Å². The molecule has 0 fully saturated rings. The molecule has 1 heterocycles. The quantitative estimate of drug-likeness (QED) is 0.661. The molecule has 0 saturated heterocycles. The molecular formula is C18H16BrNO2. The number of halogens is 1. The van der Waals surface area contributed by atoms with Gasteiger partial charge in [0, 0.05) is 15.4 Å². The third-order valence-corrected chi connectivity index (χ3v) is 4.70. The Labute approximate surface area is 138 Å². The average Bonchev–Trinajstić information content (AvgIpc) is 2.57. The van der Waals surface area contributed by atoms with Gasteiger partial charge in [0.15, 0.2) is 11.5 Å². The fourth-order valence-corrected chi connectivity index (χ4v) is 3.06. The molecule has 0 aliphatic heterocycles. The van der Waals surface area contributed by atoms with Gasteiger partial charge in [-0.3, -0.25) is 0 Å². The molecule has 4 heteroatoms. The van der Waals surface area contributed by atoms with Crippen LogP contribution in [-0.2, 0) is 0 Å². The van der Waals surface area contributed by atoms with E-state index in [2.05, 4.69) is 28.9 Å². The van der Waals surface area contributed by atoms with Crippen LogP contribution in [0.15, 0.2) is 46.9 Å². The van der Waals surface area contributed by atoms with Crippen molar-refractivity contribution >= 4 is 26.8 Å². The molecule has 3 nitrogen and oxygen atoms in total. The summed E-state index contributed by atoms with van der Waals surface area (Å²) in [7, 11) is 3.27. The Bertz CT molecular complexity index is 846. The van der Waals surface area contributed by atoms with E-state index in [9.17, 15) is 0 Å². The van der Waals surface area contributed by atoms with E-state index in [-0.39, 0.29) is 0 Å². The van der Waals surface area contributed by atoms with Gasteiger partial charge in [-0.25, -0.2) is 4.98 Å². The molecule has 0 saturated carbocycles. The van der Waals surface area contributed by atoms with Gasteiger partial charge in [0.1, 0.15) is 0 Å². The average molecular weight is 358 g/mol. The summed E-state index contributed by atoms with van der Waals surface area (Å²) in [6.45, 7) is 2.10. The molecule has 0 N–H and O–H groups in total. The zero-order chi connectivity index (χ0) is 15.7. The summed E-state index contributed by atoms with van der Waals surface area (Å²) in [6.07, 6.45) is 0. The van der Waals surface area contributed by atoms with E-state index >= 15 is 0 Å². The topological polar surface area (TPSA) is 31.4 Å². The number of pyridine rings is 1. The van der Waals surface area contributed by atoms with Crippen LogP contribution in [0.2, 0.25) is 0 Å². The number of methoxy groups -OCH3 is 2. The largest absolute Gasteiger partial charge is 0.493 e. The van der Waals surface area contributed by atoms with Crippen LogP contribution < -0.4 is 9.47 Å². The summed E-state index contributed by atoms with van der Waals surface area (Å²) < 4.78 is 11.7. The van der Waals surface area contributed by atoms with Gasteiger partial charge >= 0.3 is 0 Å². The van der Waals surface area contributed by atoms with Crippen LogP contribution >= 0.6 is 15.9 Å². The summed E-state index contributed by atoms with van der Waals surface area (Å²) in [5.74, 6) is 1.40. The molecule has 0 spiro atoms. The van der Waals surface area contributed by atoms with Gasteiger partial charge in [0.05, 0.1) is 25.4 Å². The van der Waals surface area contributed by atoms with Crippen LogP contribution in [0.1, 0.15) is 5.56 Å². The minimum Gasteiger partial charge on any atom is -0.493 e. The highest BCUT2D eigenvalue weighted by Gasteiger charge is 2.13. The number of nitrogens with zero attached hydrogens (tertiary/aromatic N) is 1. The predicted octanol–water partition coefficient (Wildman–Crippen LogP) is 4.99. The minimum atomic E-state index is 0.694. The van der Waals surface area contributed by atoms with Gasteiger partial charge in [-0.05, 0) is 52.7 Å². The molecule has 0 unspecified atom stereocenters. The highest BCUT2D eigenvalue weighted by Crippen LogP contribution is 2.37. The van der Waals surface area contributed by atoms with E-state index in [4.69, 9.17) is 14.5 Å². The van der Waals surface area contributed by atoms with Crippen molar-refractivity contribution in [1.82, 2.24) is 4.98 Å². The summed E-state index contributed by atoms with van der Waals surface area (Å²) in [4.78, 5) is 4.79. The fourth-order valence-electron chi connectivity index (χ4n) is 2.53. The number of hydrogen-bond donors (Lipinski definition) is 0. The number of hydrogen-bond acceptors (Lipinski definition) is 3. The maximum absolute atomic E-state index is 5.39. The number of rotatable bonds is 3. The molecule has 3 aromatic rings. The van der Waals surface area contributed by atoms with E-state index in [1.165, 1.54) is 5.56 Å². The van der Waals surface area contributed by atoms with Gasteiger partial charge in [-0.15, -0.1) is 0 Å². The van der Waals surface area contributed by atoms with Gasteiger partial charge in [0.2, 0.25) is 0 Å². The molecule has 0 bridgehead atoms. The molecule has 0 amide bonds. The maximum atomic E-state index is 5.39. The lowest BCUT2D eigenvalue weighted by atomic mass is 10.0. The van der Waals surface area contributed by atoms with Gasteiger partial charge in [-0.2, -0.15) is 0 Å². The molecule has 0 radical (unpaired) electrons. The highest BCUT2D eigenvalue weighted by atomic mass is 79.9. The first-order valence-corrected chi connectivity index (χ1v) is 7.72. The fraction of sp³-hybridized carbons (Fsp3) is 0.167.